The molecule has 2 aromatic rings. The summed E-state index contributed by atoms with van der Waals surface area (Å²) >= 11 is 0. The highest BCUT2D eigenvalue weighted by atomic mass is 16.1. The maximum Gasteiger partial charge on any atom is 0.252 e. The van der Waals surface area contributed by atoms with Crippen molar-refractivity contribution in [1.29, 1.82) is 0 Å². The second-order valence-electron chi connectivity index (χ2n) is 4.31. The summed E-state index contributed by atoms with van der Waals surface area (Å²) in [4.78, 5) is 12.2. The third-order valence-corrected chi connectivity index (χ3v) is 2.84. The number of terminal acetylenes is 1. The lowest BCUT2D eigenvalue weighted by molar-refractivity contribution is 0.0942. The van der Waals surface area contributed by atoms with E-state index in [0.29, 0.717) is 12.0 Å². The molecule has 2 heteroatoms. The van der Waals surface area contributed by atoms with Gasteiger partial charge in [0, 0.05) is 18.0 Å². The van der Waals surface area contributed by atoms with Gasteiger partial charge in [0.15, 0.2) is 0 Å². The van der Waals surface area contributed by atoms with Gasteiger partial charge in [0.2, 0.25) is 0 Å². The molecule has 0 saturated heterocycles. The molecule has 2 aromatic carbocycles. The number of fused-ring (bicyclic) bond motifs is 1. The number of benzene rings is 2. The summed E-state index contributed by atoms with van der Waals surface area (Å²) in [6, 6.07) is 13.6. The fraction of sp³-hybridized carbons (Fsp3) is 0.188. The third kappa shape index (κ3) is 2.52. The maximum atomic E-state index is 12.2. The predicted molar refractivity (Wildman–Crippen MR) is 74.3 cm³/mol. The van der Waals surface area contributed by atoms with Crippen molar-refractivity contribution in [3.05, 3.63) is 48.0 Å². The first-order valence-electron chi connectivity index (χ1n) is 5.94. The zero-order chi connectivity index (χ0) is 13.0. The van der Waals surface area contributed by atoms with Gasteiger partial charge < -0.3 is 5.32 Å². The summed E-state index contributed by atoms with van der Waals surface area (Å²) in [6.45, 7) is 1.91. The van der Waals surface area contributed by atoms with Gasteiger partial charge in [-0.05, 0) is 23.8 Å². The largest absolute Gasteiger partial charge is 0.349 e. The molecule has 0 aliphatic rings. The minimum Gasteiger partial charge on any atom is -0.349 e. The van der Waals surface area contributed by atoms with Crippen LogP contribution >= 0.6 is 0 Å². The number of hydrogen-bond acceptors (Lipinski definition) is 1. The van der Waals surface area contributed by atoms with Gasteiger partial charge in [-0.15, -0.1) is 12.3 Å². The smallest absolute Gasteiger partial charge is 0.252 e. The molecule has 18 heavy (non-hydrogen) atoms. The van der Waals surface area contributed by atoms with Crippen LogP contribution < -0.4 is 5.32 Å². The molecule has 1 unspecified atom stereocenters. The molecule has 1 amide bonds. The number of rotatable bonds is 3. The van der Waals surface area contributed by atoms with Crippen molar-refractivity contribution in [2.45, 2.75) is 19.4 Å². The van der Waals surface area contributed by atoms with E-state index >= 15 is 0 Å². The molecule has 0 bridgehead atoms. The van der Waals surface area contributed by atoms with Gasteiger partial charge in [0.1, 0.15) is 0 Å². The van der Waals surface area contributed by atoms with Crippen LogP contribution in [0.4, 0.5) is 0 Å². The average Bonchev–Trinajstić information content (AvgIpc) is 2.38. The number of carbonyl (C=O) groups is 1. The van der Waals surface area contributed by atoms with E-state index in [2.05, 4.69) is 11.2 Å². The molecule has 0 heterocycles. The van der Waals surface area contributed by atoms with Crippen molar-refractivity contribution >= 4 is 16.7 Å². The Labute approximate surface area is 107 Å². The van der Waals surface area contributed by atoms with Crippen molar-refractivity contribution in [1.82, 2.24) is 5.32 Å². The molecule has 90 valence electrons. The van der Waals surface area contributed by atoms with Gasteiger partial charge in [-0.2, -0.15) is 0 Å². The second-order valence-corrected chi connectivity index (χ2v) is 4.31. The molecule has 0 fully saturated rings. The maximum absolute atomic E-state index is 12.2. The van der Waals surface area contributed by atoms with Gasteiger partial charge in [-0.1, -0.05) is 36.4 Å². The van der Waals surface area contributed by atoms with E-state index in [-0.39, 0.29) is 11.9 Å². The summed E-state index contributed by atoms with van der Waals surface area (Å²) in [5.74, 6) is 2.47. The normalized spacial score (nSPS) is 11.8. The fourth-order valence-electron chi connectivity index (χ4n) is 1.95. The zero-order valence-electron chi connectivity index (χ0n) is 10.3. The summed E-state index contributed by atoms with van der Waals surface area (Å²) < 4.78 is 0. The first-order valence-corrected chi connectivity index (χ1v) is 5.94. The third-order valence-electron chi connectivity index (χ3n) is 2.84. The van der Waals surface area contributed by atoms with Crippen molar-refractivity contribution < 1.29 is 4.79 Å². The van der Waals surface area contributed by atoms with Crippen LogP contribution in [0.1, 0.15) is 23.7 Å². The highest BCUT2D eigenvalue weighted by Gasteiger charge is 2.11. The zero-order valence-corrected chi connectivity index (χ0v) is 10.3. The molecule has 2 rings (SSSR count). The van der Waals surface area contributed by atoms with Gasteiger partial charge in [0.25, 0.3) is 5.91 Å². The summed E-state index contributed by atoms with van der Waals surface area (Å²) in [7, 11) is 0. The standard InChI is InChI=1S/C16H15NO/c1-3-7-12(2)17-16(18)15-11-6-9-13-8-4-5-10-14(13)15/h1,4-6,8-12H,7H2,2H3,(H,17,18). The van der Waals surface area contributed by atoms with Crippen LogP contribution in [0.25, 0.3) is 10.8 Å². The highest BCUT2D eigenvalue weighted by Crippen LogP contribution is 2.18. The van der Waals surface area contributed by atoms with Crippen molar-refractivity contribution in [3.8, 4) is 12.3 Å². The lowest BCUT2D eigenvalue weighted by atomic mass is 10.0. The number of amides is 1. The van der Waals surface area contributed by atoms with Crippen molar-refractivity contribution in [3.63, 3.8) is 0 Å². The van der Waals surface area contributed by atoms with Crippen LogP contribution in [-0.4, -0.2) is 11.9 Å². The molecule has 0 radical (unpaired) electrons. The van der Waals surface area contributed by atoms with E-state index in [4.69, 9.17) is 6.42 Å². The molecule has 1 atom stereocenters. The summed E-state index contributed by atoms with van der Waals surface area (Å²) in [6.07, 6.45) is 5.77. The van der Waals surface area contributed by atoms with Crippen LogP contribution in [-0.2, 0) is 0 Å². The van der Waals surface area contributed by atoms with Crippen LogP contribution in [0.15, 0.2) is 42.5 Å². The van der Waals surface area contributed by atoms with Crippen LogP contribution in [0.5, 0.6) is 0 Å². The Balaban J connectivity index is 2.31. The SMILES string of the molecule is C#CCC(C)NC(=O)c1cccc2ccccc12. The van der Waals surface area contributed by atoms with Crippen LogP contribution in [0.3, 0.4) is 0 Å². The Morgan fingerprint density at radius 1 is 1.28 bits per heavy atom. The molecular weight excluding hydrogens is 222 g/mol. The van der Waals surface area contributed by atoms with E-state index in [9.17, 15) is 4.79 Å². The van der Waals surface area contributed by atoms with E-state index in [1.54, 1.807) is 0 Å². The summed E-state index contributed by atoms with van der Waals surface area (Å²) in [5.41, 5.74) is 0.692. The van der Waals surface area contributed by atoms with Crippen LogP contribution in [0.2, 0.25) is 0 Å². The molecular formula is C16H15NO. The van der Waals surface area contributed by atoms with Gasteiger partial charge in [-0.3, -0.25) is 4.79 Å². The summed E-state index contributed by atoms with van der Waals surface area (Å²) in [5, 5.41) is 4.94. The Bertz CT molecular complexity index is 605. The lowest BCUT2D eigenvalue weighted by Gasteiger charge is -2.12. The minimum absolute atomic E-state index is 0.0125. The van der Waals surface area contributed by atoms with Crippen LogP contribution in [0, 0.1) is 12.3 Å². The average molecular weight is 237 g/mol. The molecule has 0 saturated carbocycles. The molecule has 0 aliphatic carbocycles. The molecule has 2 nitrogen and oxygen atoms in total. The number of carbonyl (C=O) groups excluding carboxylic acids is 1. The van der Waals surface area contributed by atoms with Gasteiger partial charge in [0.05, 0.1) is 0 Å². The first-order chi connectivity index (χ1) is 8.72. The Hall–Kier alpha value is -2.27. The van der Waals surface area contributed by atoms with Gasteiger partial charge in [-0.25, -0.2) is 0 Å². The van der Waals surface area contributed by atoms with Gasteiger partial charge >= 0.3 is 0 Å². The number of hydrogen-bond donors (Lipinski definition) is 1. The van der Waals surface area contributed by atoms with E-state index in [1.165, 1.54) is 0 Å². The topological polar surface area (TPSA) is 29.1 Å². The fourth-order valence-corrected chi connectivity index (χ4v) is 1.95. The Kier molecular flexibility index (Phi) is 3.64. The monoisotopic (exact) mass is 237 g/mol. The van der Waals surface area contributed by atoms with Crippen molar-refractivity contribution in [2.75, 3.05) is 0 Å². The first kappa shape index (κ1) is 12.2. The molecule has 0 spiro atoms. The second kappa shape index (κ2) is 5.37. The van der Waals surface area contributed by atoms with Crippen molar-refractivity contribution in [2.24, 2.45) is 0 Å². The number of nitrogens with one attached hydrogen (secondary N) is 1. The van der Waals surface area contributed by atoms with E-state index < -0.39 is 0 Å². The van der Waals surface area contributed by atoms with E-state index in [0.717, 1.165) is 10.8 Å². The Morgan fingerprint density at radius 2 is 2.00 bits per heavy atom. The Morgan fingerprint density at radius 3 is 2.78 bits per heavy atom. The highest BCUT2D eigenvalue weighted by molar-refractivity contribution is 6.07. The quantitative estimate of drug-likeness (QED) is 0.817. The molecule has 1 N–H and O–H groups in total. The van der Waals surface area contributed by atoms with E-state index in [1.807, 2.05) is 49.4 Å². The molecule has 0 aliphatic heterocycles. The molecule has 0 aromatic heterocycles. The predicted octanol–water partition coefficient (Wildman–Crippen LogP) is 2.98. The lowest BCUT2D eigenvalue weighted by Crippen LogP contribution is -2.32. The minimum atomic E-state index is -0.0745.